The molecule has 2 atom stereocenters. The predicted molar refractivity (Wildman–Crippen MR) is 65.5 cm³/mol. The van der Waals surface area contributed by atoms with E-state index in [4.69, 9.17) is 9.47 Å². The van der Waals surface area contributed by atoms with Crippen LogP contribution in [0.3, 0.4) is 0 Å². The van der Waals surface area contributed by atoms with E-state index in [-0.39, 0.29) is 5.78 Å². The molecule has 0 bridgehead atoms. The highest BCUT2D eigenvalue weighted by molar-refractivity contribution is 5.92. The van der Waals surface area contributed by atoms with Crippen LogP contribution in [0.4, 0.5) is 0 Å². The Morgan fingerprint density at radius 3 is 1.50 bits per heavy atom. The summed E-state index contributed by atoms with van der Waals surface area (Å²) in [5, 5.41) is 0. The molecule has 0 N–H and O–H groups in total. The van der Waals surface area contributed by atoms with Gasteiger partial charge in [0.05, 0.1) is 0 Å². The molecule has 0 rings (SSSR count). The summed E-state index contributed by atoms with van der Waals surface area (Å²) in [5.41, 5.74) is 1.38. The van der Waals surface area contributed by atoms with Crippen molar-refractivity contribution >= 4 is 5.78 Å². The van der Waals surface area contributed by atoms with Crippen molar-refractivity contribution in [3.05, 3.63) is 24.3 Å². The summed E-state index contributed by atoms with van der Waals surface area (Å²) in [4.78, 5) is 12.1. The van der Waals surface area contributed by atoms with Crippen LogP contribution in [-0.2, 0) is 14.3 Å². The van der Waals surface area contributed by atoms with Gasteiger partial charge in [-0.15, -0.1) is 0 Å². The first kappa shape index (κ1) is 15.1. The van der Waals surface area contributed by atoms with E-state index in [9.17, 15) is 4.79 Å². The second kappa shape index (κ2) is 7.36. The molecule has 2 unspecified atom stereocenters. The SMILES string of the molecule is C=C(C)C(OCC)C(=O)C(OCC)C(=C)C. The molecule has 16 heavy (non-hydrogen) atoms. The van der Waals surface area contributed by atoms with E-state index in [2.05, 4.69) is 13.2 Å². The van der Waals surface area contributed by atoms with Crippen molar-refractivity contribution in [2.75, 3.05) is 13.2 Å². The van der Waals surface area contributed by atoms with Gasteiger partial charge in [0.2, 0.25) is 0 Å². The standard InChI is InChI=1S/C13H22O3/c1-7-15-12(9(3)4)11(14)13(10(5)6)16-8-2/h12-13H,3,5,7-8H2,1-2,4,6H3. The van der Waals surface area contributed by atoms with E-state index in [1.165, 1.54) is 0 Å². The van der Waals surface area contributed by atoms with Gasteiger partial charge in [-0.25, -0.2) is 0 Å². The quantitative estimate of drug-likeness (QED) is 0.597. The molecule has 0 aromatic heterocycles. The molecule has 0 aliphatic rings. The summed E-state index contributed by atoms with van der Waals surface area (Å²) < 4.78 is 10.7. The van der Waals surface area contributed by atoms with Crippen molar-refractivity contribution in [3.8, 4) is 0 Å². The average molecular weight is 226 g/mol. The number of carbonyl (C=O) groups is 1. The topological polar surface area (TPSA) is 35.5 Å². The van der Waals surface area contributed by atoms with Gasteiger partial charge in [0.1, 0.15) is 12.2 Å². The fraction of sp³-hybridized carbons (Fsp3) is 0.615. The number of ketones is 1. The molecule has 0 spiro atoms. The lowest BCUT2D eigenvalue weighted by atomic mass is 10.00. The second-order valence-corrected chi connectivity index (χ2v) is 3.77. The summed E-state index contributed by atoms with van der Waals surface area (Å²) in [5.74, 6) is -0.122. The van der Waals surface area contributed by atoms with Gasteiger partial charge < -0.3 is 9.47 Å². The van der Waals surface area contributed by atoms with Crippen LogP contribution in [0.1, 0.15) is 27.7 Å². The summed E-state index contributed by atoms with van der Waals surface area (Å²) in [6.07, 6.45) is -1.20. The van der Waals surface area contributed by atoms with Crippen LogP contribution in [0.15, 0.2) is 24.3 Å². The second-order valence-electron chi connectivity index (χ2n) is 3.77. The first-order valence-corrected chi connectivity index (χ1v) is 5.53. The summed E-state index contributed by atoms with van der Waals surface area (Å²) in [6, 6.07) is 0. The highest BCUT2D eigenvalue weighted by Gasteiger charge is 2.28. The lowest BCUT2D eigenvalue weighted by molar-refractivity contribution is -0.137. The first-order valence-electron chi connectivity index (χ1n) is 5.53. The minimum atomic E-state index is -0.599. The van der Waals surface area contributed by atoms with Gasteiger partial charge in [0.25, 0.3) is 0 Å². The van der Waals surface area contributed by atoms with Gasteiger partial charge in [-0.2, -0.15) is 0 Å². The molecule has 0 aromatic rings. The van der Waals surface area contributed by atoms with E-state index in [1.807, 2.05) is 13.8 Å². The number of ether oxygens (including phenoxy) is 2. The molecule has 0 amide bonds. The Kier molecular flexibility index (Phi) is 6.93. The fourth-order valence-corrected chi connectivity index (χ4v) is 1.41. The smallest absolute Gasteiger partial charge is 0.198 e. The predicted octanol–water partition coefficient (Wildman–Crippen LogP) is 2.52. The van der Waals surface area contributed by atoms with Crippen molar-refractivity contribution in [1.29, 1.82) is 0 Å². The lowest BCUT2D eigenvalue weighted by Crippen LogP contribution is -2.37. The number of rotatable bonds is 8. The average Bonchev–Trinajstić information content (AvgIpc) is 2.20. The van der Waals surface area contributed by atoms with Crippen LogP contribution in [0, 0.1) is 0 Å². The molecule has 0 heterocycles. The summed E-state index contributed by atoms with van der Waals surface area (Å²) in [7, 11) is 0. The maximum atomic E-state index is 12.1. The van der Waals surface area contributed by atoms with Crippen molar-refractivity contribution in [2.24, 2.45) is 0 Å². The van der Waals surface area contributed by atoms with Crippen LogP contribution in [0.25, 0.3) is 0 Å². The Morgan fingerprint density at radius 1 is 1.00 bits per heavy atom. The van der Waals surface area contributed by atoms with E-state index >= 15 is 0 Å². The van der Waals surface area contributed by atoms with E-state index < -0.39 is 12.2 Å². The third-order valence-electron chi connectivity index (χ3n) is 2.08. The molecule has 0 radical (unpaired) electrons. The van der Waals surface area contributed by atoms with Gasteiger partial charge in [-0.05, 0) is 38.8 Å². The Bertz CT molecular complexity index is 242. The zero-order valence-corrected chi connectivity index (χ0v) is 10.7. The van der Waals surface area contributed by atoms with Crippen molar-refractivity contribution in [3.63, 3.8) is 0 Å². The Balaban J connectivity index is 4.79. The molecule has 0 fully saturated rings. The molecule has 0 aromatic carbocycles. The number of carbonyl (C=O) groups excluding carboxylic acids is 1. The third-order valence-corrected chi connectivity index (χ3v) is 2.08. The number of hydrogen-bond acceptors (Lipinski definition) is 3. The Hall–Kier alpha value is -0.930. The van der Waals surface area contributed by atoms with E-state index in [0.29, 0.717) is 24.4 Å². The van der Waals surface area contributed by atoms with Gasteiger partial charge in [0.15, 0.2) is 5.78 Å². The van der Waals surface area contributed by atoms with Gasteiger partial charge in [-0.3, -0.25) is 4.79 Å². The third kappa shape index (κ3) is 4.29. The zero-order valence-electron chi connectivity index (χ0n) is 10.7. The number of Topliss-reactive ketones (excluding diaryl/α,β-unsaturated/α-hetero) is 1. The monoisotopic (exact) mass is 226 g/mol. The molecule has 0 aliphatic carbocycles. The summed E-state index contributed by atoms with van der Waals surface area (Å²) in [6.45, 7) is 15.7. The van der Waals surface area contributed by atoms with E-state index in [0.717, 1.165) is 0 Å². The minimum Gasteiger partial charge on any atom is -0.366 e. The molecular weight excluding hydrogens is 204 g/mol. The highest BCUT2D eigenvalue weighted by atomic mass is 16.5. The normalized spacial score (nSPS) is 14.2. The van der Waals surface area contributed by atoms with Crippen molar-refractivity contribution in [2.45, 2.75) is 39.9 Å². The first-order chi connectivity index (χ1) is 7.45. The number of hydrogen-bond donors (Lipinski definition) is 0. The van der Waals surface area contributed by atoms with Gasteiger partial charge >= 0.3 is 0 Å². The Morgan fingerprint density at radius 2 is 1.31 bits per heavy atom. The lowest BCUT2D eigenvalue weighted by Gasteiger charge is -2.22. The molecule has 3 nitrogen and oxygen atoms in total. The Labute approximate surface area is 98.1 Å². The molecule has 3 heteroatoms. The van der Waals surface area contributed by atoms with Gasteiger partial charge in [-0.1, -0.05) is 13.2 Å². The maximum absolute atomic E-state index is 12.1. The van der Waals surface area contributed by atoms with Crippen LogP contribution in [-0.4, -0.2) is 31.2 Å². The highest BCUT2D eigenvalue weighted by Crippen LogP contribution is 2.14. The van der Waals surface area contributed by atoms with Crippen molar-refractivity contribution in [1.82, 2.24) is 0 Å². The van der Waals surface area contributed by atoms with Crippen molar-refractivity contribution < 1.29 is 14.3 Å². The van der Waals surface area contributed by atoms with Crippen LogP contribution < -0.4 is 0 Å². The maximum Gasteiger partial charge on any atom is 0.198 e. The zero-order chi connectivity index (χ0) is 12.7. The molecule has 0 saturated carbocycles. The molecular formula is C13H22O3. The van der Waals surface area contributed by atoms with E-state index in [1.54, 1.807) is 13.8 Å². The molecule has 92 valence electrons. The molecule has 0 saturated heterocycles. The largest absolute Gasteiger partial charge is 0.366 e. The van der Waals surface area contributed by atoms with Crippen LogP contribution in [0.5, 0.6) is 0 Å². The van der Waals surface area contributed by atoms with Crippen LogP contribution in [0.2, 0.25) is 0 Å². The fourth-order valence-electron chi connectivity index (χ4n) is 1.41. The van der Waals surface area contributed by atoms with Crippen LogP contribution >= 0.6 is 0 Å². The summed E-state index contributed by atoms with van der Waals surface area (Å²) >= 11 is 0. The minimum absolute atomic E-state index is 0.122. The molecule has 0 aliphatic heterocycles. The van der Waals surface area contributed by atoms with Gasteiger partial charge in [0, 0.05) is 13.2 Å².